The van der Waals surface area contributed by atoms with Crippen LogP contribution in [0, 0.1) is 0 Å². The number of nitrogen functional groups attached to an aromatic ring is 1. The Morgan fingerprint density at radius 2 is 2.00 bits per heavy atom. The van der Waals surface area contributed by atoms with Crippen LogP contribution in [0.15, 0.2) is 46.1 Å². The van der Waals surface area contributed by atoms with Crippen LogP contribution in [0.4, 0.5) is 5.69 Å². The third kappa shape index (κ3) is 3.71. The van der Waals surface area contributed by atoms with E-state index in [9.17, 15) is 9.59 Å². The summed E-state index contributed by atoms with van der Waals surface area (Å²) in [7, 11) is 0. The Labute approximate surface area is 166 Å². The minimum absolute atomic E-state index is 0.338. The van der Waals surface area contributed by atoms with Crippen molar-refractivity contribution in [3.63, 3.8) is 0 Å². The van der Waals surface area contributed by atoms with Crippen LogP contribution in [0.2, 0.25) is 0 Å². The maximum Gasteiger partial charge on any atom is 0.332 e. The lowest BCUT2D eigenvalue weighted by Crippen LogP contribution is -2.40. The van der Waals surface area contributed by atoms with Crippen LogP contribution in [-0.2, 0) is 25.9 Å². The zero-order chi connectivity index (χ0) is 20.4. The molecule has 9 nitrogen and oxygen atoms in total. The second-order valence-corrected chi connectivity index (χ2v) is 7.03. The molecule has 1 aromatic carbocycles. The Balaban J connectivity index is 1.78. The van der Waals surface area contributed by atoms with Crippen molar-refractivity contribution in [2.75, 3.05) is 5.73 Å². The van der Waals surface area contributed by atoms with Gasteiger partial charge >= 0.3 is 5.69 Å². The van der Waals surface area contributed by atoms with E-state index in [1.54, 1.807) is 10.8 Å². The lowest BCUT2D eigenvalue weighted by atomic mass is 10.1. The van der Waals surface area contributed by atoms with Crippen LogP contribution >= 0.6 is 0 Å². The van der Waals surface area contributed by atoms with Gasteiger partial charge in [-0.15, -0.1) is 0 Å². The van der Waals surface area contributed by atoms with Crippen LogP contribution in [0.5, 0.6) is 0 Å². The van der Waals surface area contributed by atoms with E-state index in [-0.39, 0.29) is 11.2 Å². The van der Waals surface area contributed by atoms with Crippen molar-refractivity contribution in [3.05, 3.63) is 74.4 Å². The summed E-state index contributed by atoms with van der Waals surface area (Å²) in [5.41, 5.74) is 8.48. The van der Waals surface area contributed by atoms with Gasteiger partial charge in [-0.25, -0.2) is 9.78 Å². The van der Waals surface area contributed by atoms with Crippen molar-refractivity contribution in [1.82, 2.24) is 29.3 Å². The Bertz CT molecular complexity index is 1250. The summed E-state index contributed by atoms with van der Waals surface area (Å²) in [5, 5.41) is 6.81. The Hall–Kier alpha value is -3.62. The fourth-order valence-corrected chi connectivity index (χ4v) is 3.47. The molecule has 150 valence electrons. The highest BCUT2D eigenvalue weighted by Gasteiger charge is 2.17. The molecule has 0 aliphatic heterocycles. The number of imidazole rings is 1. The number of anilines is 1. The molecule has 0 radical (unpaired) electrons. The van der Waals surface area contributed by atoms with Gasteiger partial charge in [0.15, 0.2) is 5.65 Å². The summed E-state index contributed by atoms with van der Waals surface area (Å²) in [5.74, 6) is 0.604. The van der Waals surface area contributed by atoms with E-state index in [1.807, 2.05) is 37.3 Å². The molecule has 0 saturated heterocycles. The number of nitrogens with zero attached hydrogens (tertiary/aromatic N) is 4. The maximum absolute atomic E-state index is 13.0. The number of H-pyrrole nitrogens is 2. The molecule has 0 aliphatic carbocycles. The molecule has 4 rings (SSSR count). The minimum Gasteiger partial charge on any atom is -0.399 e. The molecule has 0 fully saturated rings. The number of aromatic nitrogens is 6. The predicted octanol–water partition coefficient (Wildman–Crippen LogP) is 1.44. The summed E-state index contributed by atoms with van der Waals surface area (Å²) in [6.07, 6.45) is 3.41. The summed E-state index contributed by atoms with van der Waals surface area (Å²) in [4.78, 5) is 33.6. The van der Waals surface area contributed by atoms with Gasteiger partial charge in [0.05, 0.1) is 0 Å². The molecular formula is C20H23N7O2. The van der Waals surface area contributed by atoms with Gasteiger partial charge in [-0.05, 0) is 36.6 Å². The number of nitrogens with two attached hydrogens (primary N) is 1. The van der Waals surface area contributed by atoms with E-state index in [0.29, 0.717) is 55.0 Å². The Morgan fingerprint density at radius 3 is 2.72 bits per heavy atom. The highest BCUT2D eigenvalue weighted by Crippen LogP contribution is 2.12. The van der Waals surface area contributed by atoms with Crippen molar-refractivity contribution in [1.29, 1.82) is 0 Å². The third-order valence-electron chi connectivity index (χ3n) is 4.85. The van der Waals surface area contributed by atoms with Gasteiger partial charge in [0.2, 0.25) is 0 Å². The number of hydrogen-bond donors (Lipinski definition) is 3. The van der Waals surface area contributed by atoms with E-state index < -0.39 is 0 Å². The summed E-state index contributed by atoms with van der Waals surface area (Å²) < 4.78 is 2.85. The van der Waals surface area contributed by atoms with E-state index in [2.05, 4.69) is 20.2 Å². The smallest absolute Gasteiger partial charge is 0.332 e. The van der Waals surface area contributed by atoms with E-state index in [4.69, 9.17) is 5.73 Å². The highest BCUT2D eigenvalue weighted by atomic mass is 16.2. The summed E-state index contributed by atoms with van der Waals surface area (Å²) >= 11 is 0. The molecule has 9 heteroatoms. The van der Waals surface area contributed by atoms with Crippen molar-refractivity contribution in [2.45, 2.75) is 39.3 Å². The molecule has 0 aliphatic rings. The second-order valence-electron chi connectivity index (χ2n) is 7.03. The molecule has 0 amide bonds. The maximum atomic E-state index is 13.0. The lowest BCUT2D eigenvalue weighted by molar-refractivity contribution is 0.559. The summed E-state index contributed by atoms with van der Waals surface area (Å²) in [6.45, 7) is 2.70. The quantitative estimate of drug-likeness (QED) is 0.409. The van der Waals surface area contributed by atoms with Gasteiger partial charge in [0.25, 0.3) is 5.56 Å². The largest absolute Gasteiger partial charge is 0.399 e. The van der Waals surface area contributed by atoms with Crippen LogP contribution in [0.25, 0.3) is 11.2 Å². The molecule has 0 unspecified atom stereocenters. The monoisotopic (exact) mass is 393 g/mol. The molecule has 3 aromatic heterocycles. The normalized spacial score (nSPS) is 11.3. The van der Waals surface area contributed by atoms with Gasteiger partial charge in [0, 0.05) is 37.1 Å². The molecule has 4 N–H and O–H groups in total. The topological polar surface area (TPSA) is 127 Å². The zero-order valence-electron chi connectivity index (χ0n) is 16.2. The molecule has 3 heterocycles. The van der Waals surface area contributed by atoms with E-state index in [0.717, 1.165) is 11.3 Å². The fourth-order valence-electron chi connectivity index (χ4n) is 3.47. The Kier molecular flexibility index (Phi) is 5.03. The number of aryl methyl sites for hydroxylation is 2. The van der Waals surface area contributed by atoms with Gasteiger partial charge in [-0.3, -0.25) is 19.0 Å². The zero-order valence-corrected chi connectivity index (χ0v) is 16.2. The molecule has 29 heavy (non-hydrogen) atoms. The third-order valence-corrected chi connectivity index (χ3v) is 4.85. The van der Waals surface area contributed by atoms with E-state index in [1.165, 1.54) is 4.57 Å². The highest BCUT2D eigenvalue weighted by molar-refractivity contribution is 5.70. The van der Waals surface area contributed by atoms with Crippen LogP contribution in [0.3, 0.4) is 0 Å². The molecule has 0 bridgehead atoms. The first-order valence-corrected chi connectivity index (χ1v) is 9.61. The first kappa shape index (κ1) is 18.7. The SMILES string of the molecule is CCCn1c(=O)c2[nH]c(Cc3ccn[nH]3)nc2n(CCc2cccc(N)c2)c1=O. The molecule has 0 saturated carbocycles. The standard InChI is InChI=1S/C20H23N7O2/c1-2-9-27-19(28)17-18(24-16(23-17)12-15-6-8-22-25-15)26(20(27)29)10-7-13-4-3-5-14(21)11-13/h3-6,8,11H,2,7,9-10,12,21H2,1H3,(H,22,25)(H,23,24). The number of hydrogen-bond acceptors (Lipinski definition) is 5. The number of nitrogens with one attached hydrogen (secondary N) is 2. The van der Waals surface area contributed by atoms with Crippen molar-refractivity contribution < 1.29 is 0 Å². The van der Waals surface area contributed by atoms with Crippen LogP contribution < -0.4 is 17.0 Å². The van der Waals surface area contributed by atoms with E-state index >= 15 is 0 Å². The first-order valence-electron chi connectivity index (χ1n) is 9.61. The number of rotatable bonds is 7. The second kappa shape index (κ2) is 7.78. The number of fused-ring (bicyclic) bond motifs is 1. The number of aromatic amines is 2. The van der Waals surface area contributed by atoms with Crippen LogP contribution in [0.1, 0.15) is 30.4 Å². The number of benzene rings is 1. The van der Waals surface area contributed by atoms with Crippen LogP contribution in [-0.4, -0.2) is 29.3 Å². The minimum atomic E-state index is -0.340. The van der Waals surface area contributed by atoms with Crippen molar-refractivity contribution >= 4 is 16.9 Å². The van der Waals surface area contributed by atoms with Gasteiger partial charge < -0.3 is 10.7 Å². The Morgan fingerprint density at radius 1 is 1.14 bits per heavy atom. The molecule has 4 aromatic rings. The lowest BCUT2D eigenvalue weighted by Gasteiger charge is -2.11. The van der Waals surface area contributed by atoms with Gasteiger partial charge in [-0.1, -0.05) is 19.1 Å². The fraction of sp³-hybridized carbons (Fsp3) is 0.300. The van der Waals surface area contributed by atoms with Crippen molar-refractivity contribution in [3.8, 4) is 0 Å². The molecule has 0 spiro atoms. The van der Waals surface area contributed by atoms with Gasteiger partial charge in [-0.2, -0.15) is 5.10 Å². The average molecular weight is 393 g/mol. The predicted molar refractivity (Wildman–Crippen MR) is 111 cm³/mol. The molecule has 0 atom stereocenters. The van der Waals surface area contributed by atoms with Crippen molar-refractivity contribution in [2.24, 2.45) is 0 Å². The first-order chi connectivity index (χ1) is 14.1. The average Bonchev–Trinajstić information content (AvgIpc) is 3.35. The molecular weight excluding hydrogens is 370 g/mol. The summed E-state index contributed by atoms with van der Waals surface area (Å²) in [6, 6.07) is 9.41. The van der Waals surface area contributed by atoms with Gasteiger partial charge in [0.1, 0.15) is 11.3 Å².